The van der Waals surface area contributed by atoms with Crippen LogP contribution < -0.4 is 5.73 Å². The van der Waals surface area contributed by atoms with Crippen LogP contribution in [0.5, 0.6) is 0 Å². The Morgan fingerprint density at radius 1 is 1.20 bits per heavy atom. The molecule has 2 heterocycles. The summed E-state index contributed by atoms with van der Waals surface area (Å²) in [5.74, 6) is 0.984. The minimum Gasteiger partial charge on any atom is -0.380 e. The first kappa shape index (κ1) is 12.9. The molecule has 0 amide bonds. The number of rotatable bonds is 2. The number of hydrogen-bond acceptors (Lipinski definition) is 4. The predicted molar refractivity (Wildman–Crippen MR) is 82.0 cm³/mol. The molecule has 2 aromatic heterocycles. The van der Waals surface area contributed by atoms with Gasteiger partial charge in [-0.25, -0.2) is 0 Å². The second-order valence-corrected chi connectivity index (χ2v) is 5.36. The van der Waals surface area contributed by atoms with E-state index in [1.54, 1.807) is 6.20 Å². The lowest BCUT2D eigenvalue weighted by Gasteiger charge is -2.05. The van der Waals surface area contributed by atoms with E-state index >= 15 is 0 Å². The molecular formula is C15H12BrN3O. The van der Waals surface area contributed by atoms with Gasteiger partial charge < -0.3 is 10.3 Å². The first-order valence-electron chi connectivity index (χ1n) is 6.10. The van der Waals surface area contributed by atoms with E-state index < -0.39 is 0 Å². The van der Waals surface area contributed by atoms with Crippen molar-refractivity contribution in [3.05, 3.63) is 52.6 Å². The van der Waals surface area contributed by atoms with E-state index in [0.29, 0.717) is 11.6 Å². The van der Waals surface area contributed by atoms with Crippen LogP contribution in [0.4, 0.5) is 5.82 Å². The zero-order chi connectivity index (χ0) is 14.1. The van der Waals surface area contributed by atoms with Gasteiger partial charge in [0.1, 0.15) is 0 Å². The topological polar surface area (TPSA) is 64.9 Å². The summed E-state index contributed by atoms with van der Waals surface area (Å²) in [6.07, 6.45) is 1.72. The molecule has 0 atom stereocenters. The molecule has 0 fully saturated rings. The van der Waals surface area contributed by atoms with Crippen molar-refractivity contribution in [2.75, 3.05) is 5.73 Å². The molecule has 0 unspecified atom stereocenters. The van der Waals surface area contributed by atoms with Gasteiger partial charge in [-0.05, 0) is 36.8 Å². The number of nitrogens with two attached hydrogens (primary N) is 1. The normalized spacial score (nSPS) is 10.7. The Hall–Kier alpha value is -2.14. The van der Waals surface area contributed by atoms with Crippen molar-refractivity contribution in [3.8, 4) is 22.6 Å². The quantitative estimate of drug-likeness (QED) is 0.770. The molecule has 100 valence electrons. The van der Waals surface area contributed by atoms with E-state index in [9.17, 15) is 0 Å². The van der Waals surface area contributed by atoms with Crippen LogP contribution in [0, 0.1) is 6.92 Å². The maximum absolute atomic E-state index is 5.94. The second kappa shape index (κ2) is 5.09. The van der Waals surface area contributed by atoms with Gasteiger partial charge in [0.15, 0.2) is 11.6 Å². The van der Waals surface area contributed by atoms with Gasteiger partial charge in [-0.2, -0.15) is 0 Å². The minimum atomic E-state index is 0.345. The molecule has 3 aromatic rings. The third-order valence-corrected chi connectivity index (χ3v) is 3.58. The van der Waals surface area contributed by atoms with Crippen LogP contribution in [0.1, 0.15) is 5.56 Å². The molecule has 1 aromatic carbocycles. The zero-order valence-electron chi connectivity index (χ0n) is 10.8. The average Bonchev–Trinajstić information content (AvgIpc) is 2.84. The molecule has 0 saturated carbocycles. The maximum Gasteiger partial charge on any atom is 0.178 e. The summed E-state index contributed by atoms with van der Waals surface area (Å²) in [5, 5.41) is 3.89. The van der Waals surface area contributed by atoms with Crippen LogP contribution in [-0.4, -0.2) is 10.1 Å². The molecule has 0 bridgehead atoms. The fourth-order valence-electron chi connectivity index (χ4n) is 2.08. The van der Waals surface area contributed by atoms with E-state index in [-0.39, 0.29) is 0 Å². The Morgan fingerprint density at radius 3 is 2.80 bits per heavy atom. The van der Waals surface area contributed by atoms with E-state index in [4.69, 9.17) is 10.3 Å². The molecular weight excluding hydrogens is 318 g/mol. The number of aryl methyl sites for hydroxylation is 1. The molecule has 20 heavy (non-hydrogen) atoms. The number of benzene rings is 1. The summed E-state index contributed by atoms with van der Waals surface area (Å²) in [7, 11) is 0. The van der Waals surface area contributed by atoms with Crippen LogP contribution in [0.2, 0.25) is 0 Å². The van der Waals surface area contributed by atoms with E-state index in [2.05, 4.69) is 26.1 Å². The summed E-state index contributed by atoms with van der Waals surface area (Å²) in [6, 6.07) is 11.6. The van der Waals surface area contributed by atoms with Crippen LogP contribution >= 0.6 is 15.9 Å². The van der Waals surface area contributed by atoms with Crippen LogP contribution in [0.15, 0.2) is 51.6 Å². The highest BCUT2D eigenvalue weighted by Crippen LogP contribution is 2.37. The summed E-state index contributed by atoms with van der Waals surface area (Å²) < 4.78 is 6.41. The van der Waals surface area contributed by atoms with Gasteiger partial charge in [-0.3, -0.25) is 4.98 Å². The van der Waals surface area contributed by atoms with Crippen molar-refractivity contribution in [2.24, 2.45) is 0 Å². The van der Waals surface area contributed by atoms with Crippen molar-refractivity contribution >= 4 is 21.7 Å². The van der Waals surface area contributed by atoms with Crippen molar-refractivity contribution in [3.63, 3.8) is 0 Å². The first-order valence-corrected chi connectivity index (χ1v) is 6.89. The lowest BCUT2D eigenvalue weighted by atomic mass is 10.0. The Morgan fingerprint density at radius 2 is 2.05 bits per heavy atom. The number of hydrogen-bond donors (Lipinski definition) is 1. The van der Waals surface area contributed by atoms with Crippen molar-refractivity contribution in [2.45, 2.75) is 6.92 Å². The van der Waals surface area contributed by atoms with Gasteiger partial charge in [0, 0.05) is 16.2 Å². The Balaban J connectivity index is 2.24. The number of aromatic nitrogens is 2. The second-order valence-electron chi connectivity index (χ2n) is 4.45. The number of nitrogens with zero attached hydrogens (tertiary/aromatic N) is 2. The van der Waals surface area contributed by atoms with Crippen molar-refractivity contribution in [1.82, 2.24) is 10.1 Å². The monoisotopic (exact) mass is 329 g/mol. The smallest absolute Gasteiger partial charge is 0.178 e. The fraction of sp³-hybridized carbons (Fsp3) is 0.0667. The van der Waals surface area contributed by atoms with Crippen molar-refractivity contribution < 1.29 is 4.52 Å². The van der Waals surface area contributed by atoms with Gasteiger partial charge in [-0.1, -0.05) is 33.2 Å². The number of nitrogen functional groups attached to an aromatic ring is 1. The molecule has 0 spiro atoms. The van der Waals surface area contributed by atoms with Crippen LogP contribution in [-0.2, 0) is 0 Å². The lowest BCUT2D eigenvalue weighted by Crippen LogP contribution is -1.91. The highest BCUT2D eigenvalue weighted by Gasteiger charge is 2.20. The largest absolute Gasteiger partial charge is 0.380 e. The van der Waals surface area contributed by atoms with E-state index in [1.807, 2.05) is 43.3 Å². The Bertz CT molecular complexity index is 753. The number of halogens is 1. The lowest BCUT2D eigenvalue weighted by molar-refractivity contribution is 0.436. The summed E-state index contributed by atoms with van der Waals surface area (Å²) in [5.41, 5.74) is 9.45. The van der Waals surface area contributed by atoms with Gasteiger partial charge >= 0.3 is 0 Å². The highest BCUT2D eigenvalue weighted by atomic mass is 79.9. The summed E-state index contributed by atoms with van der Waals surface area (Å²) in [4.78, 5) is 4.33. The maximum atomic E-state index is 5.94. The predicted octanol–water partition coefficient (Wildman–Crippen LogP) is 4.06. The van der Waals surface area contributed by atoms with Crippen molar-refractivity contribution in [1.29, 1.82) is 0 Å². The van der Waals surface area contributed by atoms with Gasteiger partial charge in [-0.15, -0.1) is 0 Å². The number of anilines is 1. The Labute approximate surface area is 124 Å². The zero-order valence-corrected chi connectivity index (χ0v) is 12.4. The first-order chi connectivity index (χ1) is 9.66. The summed E-state index contributed by atoms with van der Waals surface area (Å²) in [6.45, 7) is 2.02. The standard InChI is InChI=1S/C15H12BrN3O/c1-9-5-6-10(16)8-11(9)14-13(15(17)19-20-14)12-4-2-3-7-18-12/h2-8H,1H3,(H2,17,19). The molecule has 0 radical (unpaired) electrons. The minimum absolute atomic E-state index is 0.345. The van der Waals surface area contributed by atoms with Gasteiger partial charge in [0.05, 0.1) is 11.3 Å². The van der Waals surface area contributed by atoms with E-state index in [0.717, 1.165) is 26.9 Å². The van der Waals surface area contributed by atoms with E-state index in [1.165, 1.54) is 0 Å². The third kappa shape index (κ3) is 2.20. The average molecular weight is 330 g/mol. The molecule has 4 nitrogen and oxygen atoms in total. The van der Waals surface area contributed by atoms with Crippen LogP contribution in [0.25, 0.3) is 22.6 Å². The number of pyridine rings is 1. The fourth-order valence-corrected chi connectivity index (χ4v) is 2.44. The SMILES string of the molecule is Cc1ccc(Br)cc1-c1onc(N)c1-c1ccccn1. The van der Waals surface area contributed by atoms with Crippen LogP contribution in [0.3, 0.4) is 0 Å². The highest BCUT2D eigenvalue weighted by molar-refractivity contribution is 9.10. The molecule has 0 aliphatic carbocycles. The summed E-state index contributed by atoms with van der Waals surface area (Å²) >= 11 is 3.47. The molecule has 5 heteroatoms. The Kier molecular flexibility index (Phi) is 3.28. The molecule has 0 aliphatic heterocycles. The third-order valence-electron chi connectivity index (χ3n) is 3.08. The molecule has 2 N–H and O–H groups in total. The molecule has 0 saturated heterocycles. The van der Waals surface area contributed by atoms with Gasteiger partial charge in [0.2, 0.25) is 0 Å². The van der Waals surface area contributed by atoms with Gasteiger partial charge in [0.25, 0.3) is 0 Å². The molecule has 3 rings (SSSR count). The molecule has 0 aliphatic rings.